The van der Waals surface area contributed by atoms with E-state index in [0.29, 0.717) is 13.0 Å². The van der Waals surface area contributed by atoms with Crippen LogP contribution in [-0.2, 0) is 21.2 Å². The van der Waals surface area contributed by atoms with Crippen LogP contribution in [-0.4, -0.2) is 60.7 Å². The van der Waals surface area contributed by atoms with Crippen molar-refractivity contribution in [3.8, 4) is 0 Å². The van der Waals surface area contributed by atoms with Crippen LogP contribution in [0.5, 0.6) is 0 Å². The number of benzene rings is 2. The number of carbonyl (C=O) groups excluding carboxylic acids is 1. The summed E-state index contributed by atoms with van der Waals surface area (Å²) in [5.41, 5.74) is 1.88. The molecule has 0 heterocycles. The second-order valence-corrected chi connectivity index (χ2v) is 11.9. The Balaban J connectivity index is 2.23. The van der Waals surface area contributed by atoms with Crippen molar-refractivity contribution in [1.29, 1.82) is 0 Å². The lowest BCUT2D eigenvalue weighted by molar-refractivity contribution is -0.124. The Morgan fingerprint density at radius 3 is 2.22 bits per heavy atom. The van der Waals surface area contributed by atoms with Crippen LogP contribution in [0.15, 0.2) is 59.5 Å². The normalized spacial score (nSPS) is 14.6. The summed E-state index contributed by atoms with van der Waals surface area (Å²) in [4.78, 5) is 12.7. The largest absolute Gasteiger partial charge is 0.390 e. The number of aryl methyl sites for hydroxylation is 1. The second kappa shape index (κ2) is 14.5. The van der Waals surface area contributed by atoms with Crippen LogP contribution < -0.4 is 5.32 Å². The lowest BCUT2D eigenvalue weighted by Crippen LogP contribution is -2.47. The molecule has 2 rings (SSSR count). The predicted octanol–water partition coefficient (Wildman–Crippen LogP) is 3.53. The lowest BCUT2D eigenvalue weighted by atomic mass is 9.88. The van der Waals surface area contributed by atoms with Gasteiger partial charge in [-0.05, 0) is 43.4 Å². The first kappa shape index (κ1) is 30.0. The molecular weight excluding hydrogens is 476 g/mol. The number of rotatable bonds is 15. The zero-order valence-electron chi connectivity index (χ0n) is 21.9. The van der Waals surface area contributed by atoms with Crippen LogP contribution in [0.1, 0.15) is 51.2 Å². The van der Waals surface area contributed by atoms with Gasteiger partial charge in [0.05, 0.1) is 17.1 Å². The molecule has 0 aromatic heterocycles. The second-order valence-electron chi connectivity index (χ2n) is 9.94. The van der Waals surface area contributed by atoms with Crippen molar-refractivity contribution in [3.63, 3.8) is 0 Å². The third kappa shape index (κ3) is 9.32. The minimum atomic E-state index is -3.88. The molecule has 0 aliphatic heterocycles. The third-order valence-electron chi connectivity index (χ3n) is 6.14. The van der Waals surface area contributed by atoms with Gasteiger partial charge >= 0.3 is 0 Å². The monoisotopic (exact) mass is 518 g/mol. The number of hydrogen-bond donors (Lipinski definition) is 3. The van der Waals surface area contributed by atoms with E-state index in [1.54, 1.807) is 24.3 Å². The van der Waals surface area contributed by atoms with E-state index in [2.05, 4.69) is 5.32 Å². The maximum Gasteiger partial charge on any atom is 0.243 e. The molecule has 200 valence electrons. The van der Waals surface area contributed by atoms with Crippen LogP contribution in [0.25, 0.3) is 0 Å². The fraction of sp³-hybridized carbons (Fsp3) is 0.536. The first-order valence-corrected chi connectivity index (χ1v) is 14.2. The number of carbonyl (C=O) groups is 1. The molecule has 0 fully saturated rings. The Hall–Kier alpha value is -2.26. The van der Waals surface area contributed by atoms with Gasteiger partial charge in [-0.2, -0.15) is 4.31 Å². The number of aliphatic hydroxyl groups excluding tert-OH is 2. The van der Waals surface area contributed by atoms with Crippen molar-refractivity contribution in [2.45, 2.75) is 70.5 Å². The molecule has 3 N–H and O–H groups in total. The topological polar surface area (TPSA) is 107 Å². The van der Waals surface area contributed by atoms with Crippen molar-refractivity contribution < 1.29 is 23.4 Å². The van der Waals surface area contributed by atoms with E-state index in [1.165, 1.54) is 4.31 Å². The number of aliphatic hydroxyl groups is 2. The molecule has 0 saturated carbocycles. The number of amides is 1. The number of nitrogens with zero attached hydrogens (tertiary/aromatic N) is 1. The zero-order chi connectivity index (χ0) is 26.7. The minimum Gasteiger partial charge on any atom is -0.390 e. The summed E-state index contributed by atoms with van der Waals surface area (Å²) in [5.74, 6) is -0.757. The van der Waals surface area contributed by atoms with E-state index in [0.717, 1.165) is 24.0 Å². The molecule has 36 heavy (non-hydrogen) atoms. The van der Waals surface area contributed by atoms with E-state index in [4.69, 9.17) is 0 Å². The van der Waals surface area contributed by atoms with Gasteiger partial charge in [0.2, 0.25) is 15.9 Å². The Labute approximate surface area is 216 Å². The van der Waals surface area contributed by atoms with Crippen LogP contribution >= 0.6 is 0 Å². The van der Waals surface area contributed by atoms with Gasteiger partial charge in [0.1, 0.15) is 0 Å². The van der Waals surface area contributed by atoms with Gasteiger partial charge in [0.25, 0.3) is 0 Å². The fourth-order valence-electron chi connectivity index (χ4n) is 4.11. The van der Waals surface area contributed by atoms with E-state index in [9.17, 15) is 23.4 Å². The van der Waals surface area contributed by atoms with Crippen molar-refractivity contribution >= 4 is 15.9 Å². The van der Waals surface area contributed by atoms with Crippen molar-refractivity contribution in [2.75, 3.05) is 19.6 Å². The number of sulfonamides is 1. The Bertz CT molecular complexity index is 1030. The molecule has 8 heteroatoms. The maximum atomic E-state index is 13.4. The SMILES string of the molecule is CCCCNC(=O)C[C@@H](Cc1ccccc1)[C@H](O)[C@H](O)CN(CC(C)C)S(=O)(=O)c1ccc(C)cc1. The van der Waals surface area contributed by atoms with Gasteiger partial charge in [-0.1, -0.05) is 75.2 Å². The van der Waals surface area contributed by atoms with E-state index >= 15 is 0 Å². The molecule has 0 saturated heterocycles. The smallest absolute Gasteiger partial charge is 0.243 e. The van der Waals surface area contributed by atoms with Crippen LogP contribution in [0.4, 0.5) is 0 Å². The number of unbranched alkanes of at least 4 members (excludes halogenated alkanes) is 1. The van der Waals surface area contributed by atoms with Gasteiger partial charge in [-0.15, -0.1) is 0 Å². The van der Waals surface area contributed by atoms with Crippen LogP contribution in [0, 0.1) is 18.8 Å². The molecule has 7 nitrogen and oxygen atoms in total. The molecule has 0 spiro atoms. The Morgan fingerprint density at radius 2 is 1.64 bits per heavy atom. The molecule has 0 aliphatic carbocycles. The van der Waals surface area contributed by atoms with E-state index in [-0.39, 0.29) is 36.2 Å². The highest BCUT2D eigenvalue weighted by Gasteiger charge is 2.34. The average Bonchev–Trinajstić information content (AvgIpc) is 2.83. The summed E-state index contributed by atoms with van der Waals surface area (Å²) in [6, 6.07) is 16.1. The molecule has 3 atom stereocenters. The minimum absolute atomic E-state index is 0.0130. The third-order valence-corrected chi connectivity index (χ3v) is 7.98. The first-order chi connectivity index (χ1) is 17.0. The number of hydrogen-bond acceptors (Lipinski definition) is 5. The highest BCUT2D eigenvalue weighted by atomic mass is 32.2. The van der Waals surface area contributed by atoms with Crippen LogP contribution in [0.3, 0.4) is 0 Å². The fourth-order valence-corrected chi connectivity index (χ4v) is 5.74. The molecule has 0 aliphatic rings. The predicted molar refractivity (Wildman–Crippen MR) is 143 cm³/mol. The summed E-state index contributed by atoms with van der Waals surface area (Å²) >= 11 is 0. The summed E-state index contributed by atoms with van der Waals surface area (Å²) in [7, 11) is -3.88. The van der Waals surface area contributed by atoms with E-state index in [1.807, 2.05) is 58.0 Å². The lowest BCUT2D eigenvalue weighted by Gasteiger charge is -2.31. The van der Waals surface area contributed by atoms with Crippen LogP contribution in [0.2, 0.25) is 0 Å². The van der Waals surface area contributed by atoms with Gasteiger partial charge in [-0.25, -0.2) is 8.42 Å². The maximum absolute atomic E-state index is 13.4. The molecule has 2 aromatic carbocycles. The highest BCUT2D eigenvalue weighted by Crippen LogP contribution is 2.23. The highest BCUT2D eigenvalue weighted by molar-refractivity contribution is 7.89. The molecule has 1 amide bonds. The quantitative estimate of drug-likeness (QED) is 0.313. The Kier molecular flexibility index (Phi) is 12.0. The molecule has 0 radical (unpaired) electrons. The van der Waals surface area contributed by atoms with Gasteiger partial charge in [0, 0.05) is 32.0 Å². The average molecular weight is 519 g/mol. The first-order valence-electron chi connectivity index (χ1n) is 12.8. The summed E-state index contributed by atoms with van der Waals surface area (Å²) in [6.07, 6.45) is -0.413. The summed E-state index contributed by atoms with van der Waals surface area (Å²) in [5, 5.41) is 25.1. The summed E-state index contributed by atoms with van der Waals surface area (Å²) in [6.45, 7) is 8.21. The van der Waals surface area contributed by atoms with Gasteiger partial charge in [-0.3, -0.25) is 4.79 Å². The van der Waals surface area contributed by atoms with Crippen molar-refractivity contribution in [1.82, 2.24) is 9.62 Å². The molecule has 2 aromatic rings. The van der Waals surface area contributed by atoms with Crippen molar-refractivity contribution in [3.05, 3.63) is 65.7 Å². The molecule has 0 bridgehead atoms. The Morgan fingerprint density at radius 1 is 1.00 bits per heavy atom. The van der Waals surface area contributed by atoms with Gasteiger partial charge < -0.3 is 15.5 Å². The summed E-state index contributed by atoms with van der Waals surface area (Å²) < 4.78 is 28.0. The number of nitrogens with one attached hydrogen (secondary N) is 1. The van der Waals surface area contributed by atoms with Gasteiger partial charge in [0.15, 0.2) is 0 Å². The molecule has 0 unspecified atom stereocenters. The zero-order valence-corrected chi connectivity index (χ0v) is 22.7. The van der Waals surface area contributed by atoms with Crippen molar-refractivity contribution in [2.24, 2.45) is 11.8 Å². The van der Waals surface area contributed by atoms with E-state index < -0.39 is 28.1 Å². The standard InChI is InChI=1S/C28H42N2O5S/c1-5-6-16-29-27(32)18-24(17-23-10-8-7-9-11-23)28(33)26(31)20-30(19-21(2)3)36(34,35)25-14-12-22(4)13-15-25/h7-15,21,24,26,28,31,33H,5-6,16-20H2,1-4H3,(H,29,32)/t24-,26-,28+/m1/s1. The molecular formula is C28H42N2O5S.